The van der Waals surface area contributed by atoms with Crippen molar-refractivity contribution in [1.82, 2.24) is 9.97 Å². The van der Waals surface area contributed by atoms with Crippen LogP contribution in [0.3, 0.4) is 0 Å². The van der Waals surface area contributed by atoms with Gasteiger partial charge in [0.25, 0.3) is 0 Å². The first kappa shape index (κ1) is 21.1. The van der Waals surface area contributed by atoms with Crippen molar-refractivity contribution in [2.45, 2.75) is 31.6 Å². The Balaban J connectivity index is 2.19. The number of pyridine rings is 1. The number of benzene rings is 1. The van der Waals surface area contributed by atoms with Crippen molar-refractivity contribution in [2.24, 2.45) is 5.14 Å². The molecule has 2 unspecified atom stereocenters. The molecule has 0 fully saturated rings. The average Bonchev–Trinajstić information content (AvgIpc) is 3.06. The zero-order valence-corrected chi connectivity index (χ0v) is 16.7. The summed E-state index contributed by atoms with van der Waals surface area (Å²) in [6.07, 6.45) is 1.31. The van der Waals surface area contributed by atoms with Gasteiger partial charge in [-0.1, -0.05) is 19.6 Å². The summed E-state index contributed by atoms with van der Waals surface area (Å²) in [7, 11) is -4.12. The van der Waals surface area contributed by atoms with E-state index in [-0.39, 0.29) is 17.5 Å². The number of sulfonamides is 1. The maximum atomic E-state index is 15.2. The minimum atomic E-state index is -4.12. The lowest BCUT2D eigenvalue weighted by Gasteiger charge is -2.19. The number of aromatic amines is 1. The molecule has 0 amide bonds. The summed E-state index contributed by atoms with van der Waals surface area (Å²) >= 11 is 0. The fraction of sp³-hybridized carbons (Fsp3) is 0.250. The fourth-order valence-corrected chi connectivity index (χ4v) is 4.35. The molecule has 154 valence electrons. The molecule has 4 N–H and O–H groups in total. The maximum Gasteiger partial charge on any atom is 0.216 e. The van der Waals surface area contributed by atoms with Gasteiger partial charge >= 0.3 is 0 Å². The lowest BCUT2D eigenvalue weighted by molar-refractivity contribution is 0.210. The van der Waals surface area contributed by atoms with Crippen LogP contribution in [0.1, 0.15) is 53.9 Å². The number of rotatable bonds is 6. The second kappa shape index (κ2) is 7.66. The molecule has 3 aromatic rings. The van der Waals surface area contributed by atoms with Crippen LogP contribution in [0.25, 0.3) is 16.6 Å². The van der Waals surface area contributed by atoms with Gasteiger partial charge in [0, 0.05) is 28.9 Å². The second-order valence-corrected chi connectivity index (χ2v) is 8.64. The number of aromatic nitrogens is 2. The van der Waals surface area contributed by atoms with Crippen molar-refractivity contribution in [3.8, 4) is 0 Å². The van der Waals surface area contributed by atoms with Gasteiger partial charge in [-0.2, -0.15) is 0 Å². The molecule has 0 aliphatic carbocycles. The summed E-state index contributed by atoms with van der Waals surface area (Å²) in [6, 6.07) is 3.67. The maximum absolute atomic E-state index is 15.2. The van der Waals surface area contributed by atoms with Gasteiger partial charge in [-0.05, 0) is 36.6 Å². The van der Waals surface area contributed by atoms with E-state index in [0.29, 0.717) is 16.6 Å². The number of fused-ring (bicyclic) bond motifs is 1. The number of hydrogen-bond acceptors (Lipinski definition) is 4. The highest BCUT2D eigenvalue weighted by Gasteiger charge is 2.30. The summed E-state index contributed by atoms with van der Waals surface area (Å²) < 4.78 is 53.4. The number of nitrogens with one attached hydrogen (secondary N) is 1. The van der Waals surface area contributed by atoms with Crippen molar-refractivity contribution in [3.63, 3.8) is 0 Å². The van der Waals surface area contributed by atoms with Gasteiger partial charge in [-0.15, -0.1) is 0 Å². The molecule has 29 heavy (non-hydrogen) atoms. The molecule has 9 heteroatoms. The number of hydrogen-bond donors (Lipinski definition) is 3. The van der Waals surface area contributed by atoms with Gasteiger partial charge in [0.2, 0.25) is 10.0 Å². The zero-order valence-electron chi connectivity index (χ0n) is 15.9. The minimum Gasteiger partial charge on any atom is -0.383 e. The first-order chi connectivity index (χ1) is 13.6. The molecule has 0 bridgehead atoms. The summed E-state index contributed by atoms with van der Waals surface area (Å²) in [6.45, 7) is 7.15. The SMILES string of the molecule is C=C(C)c1cnc2[nH]cc(C(O)c3c(F)ccc(C(CC)S(N)(=O)=O)c3F)c2c1. The molecule has 2 atom stereocenters. The van der Waals surface area contributed by atoms with Gasteiger partial charge in [0.1, 0.15) is 28.6 Å². The molecule has 3 rings (SSSR count). The zero-order chi connectivity index (χ0) is 21.5. The molecule has 2 aromatic heterocycles. The number of nitrogens with two attached hydrogens (primary N) is 1. The minimum absolute atomic E-state index is 0.00407. The van der Waals surface area contributed by atoms with Crippen LogP contribution >= 0.6 is 0 Å². The van der Waals surface area contributed by atoms with E-state index in [0.717, 1.165) is 17.7 Å². The molecule has 2 heterocycles. The normalized spacial score (nSPS) is 14.1. The van der Waals surface area contributed by atoms with Gasteiger partial charge in [0.15, 0.2) is 0 Å². The Kier molecular flexibility index (Phi) is 5.57. The van der Waals surface area contributed by atoms with Crippen LogP contribution in [0.5, 0.6) is 0 Å². The van der Waals surface area contributed by atoms with E-state index >= 15 is 4.39 Å². The van der Waals surface area contributed by atoms with E-state index in [1.807, 2.05) is 0 Å². The summed E-state index contributed by atoms with van der Waals surface area (Å²) in [5.41, 5.74) is 1.14. The second-order valence-electron chi connectivity index (χ2n) is 6.90. The Labute approximate surface area is 167 Å². The summed E-state index contributed by atoms with van der Waals surface area (Å²) in [5, 5.41) is 15.1. The standard InChI is InChI=1S/C20H21F2N3O3S/c1-4-16(29(23,27)28)12-5-6-15(21)17(18(12)22)19(26)14-9-25-20-13(14)7-11(8-24-20)10(2)3/h5-9,16,19,26H,2,4H2,1,3H3,(H,24,25)(H2,23,27,28). The number of aliphatic hydroxyl groups is 1. The highest BCUT2D eigenvalue weighted by molar-refractivity contribution is 7.89. The smallest absolute Gasteiger partial charge is 0.216 e. The third kappa shape index (κ3) is 3.81. The number of allylic oxidation sites excluding steroid dienone is 1. The molecule has 1 aromatic carbocycles. The van der Waals surface area contributed by atoms with Gasteiger partial charge in [0.05, 0.1) is 5.56 Å². The van der Waals surface area contributed by atoms with Gasteiger partial charge in [-0.3, -0.25) is 0 Å². The topological polar surface area (TPSA) is 109 Å². The number of aliphatic hydroxyl groups excluding tert-OH is 1. The molecule has 0 radical (unpaired) electrons. The number of nitrogens with zero attached hydrogens (tertiary/aromatic N) is 1. The Morgan fingerprint density at radius 1 is 1.34 bits per heavy atom. The summed E-state index contributed by atoms with van der Waals surface area (Å²) in [5.74, 6) is -2.14. The number of halogens is 2. The molecule has 0 aliphatic rings. The van der Waals surface area contributed by atoms with E-state index in [2.05, 4.69) is 16.5 Å². The van der Waals surface area contributed by atoms with Crippen molar-refractivity contribution < 1.29 is 22.3 Å². The first-order valence-electron chi connectivity index (χ1n) is 8.86. The Morgan fingerprint density at radius 3 is 2.62 bits per heavy atom. The van der Waals surface area contributed by atoms with Crippen molar-refractivity contribution >= 4 is 26.6 Å². The predicted molar refractivity (Wildman–Crippen MR) is 107 cm³/mol. The predicted octanol–water partition coefficient (Wildman–Crippen LogP) is 3.70. The Hall–Kier alpha value is -2.62. The largest absolute Gasteiger partial charge is 0.383 e. The highest BCUT2D eigenvalue weighted by Crippen LogP contribution is 2.36. The fourth-order valence-electron chi connectivity index (χ4n) is 3.35. The monoisotopic (exact) mass is 421 g/mol. The molecule has 0 spiro atoms. The quantitative estimate of drug-likeness (QED) is 0.564. The van der Waals surface area contributed by atoms with Crippen molar-refractivity contribution in [1.29, 1.82) is 0 Å². The first-order valence-corrected chi connectivity index (χ1v) is 10.5. The molecular weight excluding hydrogens is 400 g/mol. The van der Waals surface area contributed by atoms with Crippen LogP contribution in [0.4, 0.5) is 8.78 Å². The summed E-state index contributed by atoms with van der Waals surface area (Å²) in [4.78, 5) is 7.08. The highest BCUT2D eigenvalue weighted by atomic mass is 32.2. The van der Waals surface area contributed by atoms with E-state index in [1.165, 1.54) is 13.1 Å². The Bertz CT molecular complexity index is 1210. The van der Waals surface area contributed by atoms with Crippen LogP contribution in [0.15, 0.2) is 37.2 Å². The van der Waals surface area contributed by atoms with E-state index in [4.69, 9.17) is 5.14 Å². The van der Waals surface area contributed by atoms with Gasteiger partial charge < -0.3 is 10.1 Å². The van der Waals surface area contributed by atoms with Crippen molar-refractivity contribution in [3.05, 3.63) is 71.1 Å². The third-order valence-corrected chi connectivity index (χ3v) is 6.28. The van der Waals surface area contributed by atoms with E-state index in [1.54, 1.807) is 19.2 Å². The molecule has 0 aliphatic heterocycles. The molecule has 0 saturated heterocycles. The Morgan fingerprint density at radius 2 is 2.03 bits per heavy atom. The lowest BCUT2D eigenvalue weighted by atomic mass is 9.96. The number of H-pyrrole nitrogens is 1. The van der Waals surface area contributed by atoms with Crippen LogP contribution in [-0.2, 0) is 10.0 Å². The van der Waals surface area contributed by atoms with Crippen LogP contribution in [0.2, 0.25) is 0 Å². The van der Waals surface area contributed by atoms with E-state index in [9.17, 15) is 17.9 Å². The molecule has 0 saturated carbocycles. The van der Waals surface area contributed by atoms with Crippen LogP contribution in [0, 0.1) is 11.6 Å². The van der Waals surface area contributed by atoms with Crippen LogP contribution < -0.4 is 5.14 Å². The van der Waals surface area contributed by atoms with Gasteiger partial charge in [-0.25, -0.2) is 27.3 Å². The van der Waals surface area contributed by atoms with E-state index < -0.39 is 38.6 Å². The molecular formula is C20H21F2N3O3S. The van der Waals surface area contributed by atoms with Crippen molar-refractivity contribution in [2.75, 3.05) is 0 Å². The number of primary sulfonamides is 1. The third-order valence-electron chi connectivity index (χ3n) is 4.89. The lowest BCUT2D eigenvalue weighted by Crippen LogP contribution is -2.23. The molecule has 6 nitrogen and oxygen atoms in total. The van der Waals surface area contributed by atoms with Crippen LogP contribution in [-0.4, -0.2) is 23.5 Å². The average molecular weight is 421 g/mol.